The normalized spacial score (nSPS) is 11.2. The zero-order valence-corrected chi connectivity index (χ0v) is 11.8. The number of carbonyl (C=O) groups is 1. The van der Waals surface area contributed by atoms with E-state index in [-0.39, 0.29) is 16.9 Å². The molecule has 1 heterocycles. The molecule has 2 aromatic rings. The van der Waals surface area contributed by atoms with Crippen molar-refractivity contribution in [1.82, 2.24) is 4.98 Å². The molecule has 0 aliphatic rings. The highest BCUT2D eigenvalue weighted by Crippen LogP contribution is 2.27. The maximum absolute atomic E-state index is 10.9. The van der Waals surface area contributed by atoms with Gasteiger partial charge in [-0.05, 0) is 29.2 Å². The number of aromatic carboxylic acids is 1. The summed E-state index contributed by atoms with van der Waals surface area (Å²) in [4.78, 5) is 14.9. The number of carboxylic acid groups (broad SMARTS) is 1. The summed E-state index contributed by atoms with van der Waals surface area (Å²) in [6.45, 7) is 6.36. The molecule has 0 fully saturated rings. The predicted octanol–water partition coefficient (Wildman–Crippen LogP) is 3.87. The lowest BCUT2D eigenvalue weighted by Gasteiger charge is -2.19. The van der Waals surface area contributed by atoms with Gasteiger partial charge in [-0.1, -0.05) is 32.9 Å². The van der Waals surface area contributed by atoms with Crippen LogP contribution in [0, 0.1) is 0 Å². The van der Waals surface area contributed by atoms with Crippen molar-refractivity contribution in [1.29, 1.82) is 0 Å². The third-order valence-electron chi connectivity index (χ3n) is 2.90. The molecule has 0 spiro atoms. The minimum atomic E-state index is -0.999. The monoisotopic (exact) mass is 271 g/mol. The molecule has 0 saturated carbocycles. The van der Waals surface area contributed by atoms with Gasteiger partial charge in [0.1, 0.15) is 5.75 Å². The van der Waals surface area contributed by atoms with E-state index in [0.29, 0.717) is 5.75 Å². The van der Waals surface area contributed by atoms with E-state index in [1.807, 2.05) is 24.3 Å². The number of rotatable bonds is 3. The molecule has 1 aromatic carbocycles. The van der Waals surface area contributed by atoms with Crippen molar-refractivity contribution in [3.8, 4) is 11.6 Å². The molecule has 0 aliphatic carbocycles. The predicted molar refractivity (Wildman–Crippen MR) is 76.4 cm³/mol. The van der Waals surface area contributed by atoms with Gasteiger partial charge in [-0.2, -0.15) is 0 Å². The Labute approximate surface area is 118 Å². The van der Waals surface area contributed by atoms with E-state index in [1.165, 1.54) is 18.3 Å². The van der Waals surface area contributed by atoms with E-state index in [4.69, 9.17) is 9.84 Å². The number of ether oxygens (including phenoxy) is 1. The SMILES string of the molecule is CC(C)(C)c1cccc(Oc2cc(C(=O)O)ccn2)c1. The zero-order chi connectivity index (χ0) is 14.8. The van der Waals surface area contributed by atoms with Crippen LogP contribution in [0.15, 0.2) is 42.6 Å². The van der Waals surface area contributed by atoms with Crippen molar-refractivity contribution in [2.24, 2.45) is 0 Å². The lowest BCUT2D eigenvalue weighted by Crippen LogP contribution is -2.10. The van der Waals surface area contributed by atoms with E-state index in [1.54, 1.807) is 0 Å². The van der Waals surface area contributed by atoms with Crippen molar-refractivity contribution < 1.29 is 14.6 Å². The summed E-state index contributed by atoms with van der Waals surface area (Å²) in [5.41, 5.74) is 1.32. The number of hydrogen-bond donors (Lipinski definition) is 1. The largest absolute Gasteiger partial charge is 0.478 e. The number of carboxylic acids is 1. The number of hydrogen-bond acceptors (Lipinski definition) is 3. The zero-order valence-electron chi connectivity index (χ0n) is 11.8. The first-order valence-corrected chi connectivity index (χ1v) is 6.34. The van der Waals surface area contributed by atoms with Crippen LogP contribution in [0.4, 0.5) is 0 Å². The molecule has 0 bridgehead atoms. The molecule has 20 heavy (non-hydrogen) atoms. The number of benzene rings is 1. The van der Waals surface area contributed by atoms with Gasteiger partial charge in [0.2, 0.25) is 5.88 Å². The third-order valence-corrected chi connectivity index (χ3v) is 2.90. The van der Waals surface area contributed by atoms with Gasteiger partial charge in [-0.3, -0.25) is 0 Å². The van der Waals surface area contributed by atoms with Crippen LogP contribution >= 0.6 is 0 Å². The minimum Gasteiger partial charge on any atom is -0.478 e. The van der Waals surface area contributed by atoms with Crippen molar-refractivity contribution in [2.75, 3.05) is 0 Å². The quantitative estimate of drug-likeness (QED) is 0.920. The summed E-state index contributed by atoms with van der Waals surface area (Å²) in [6, 6.07) is 10.6. The van der Waals surface area contributed by atoms with E-state index in [2.05, 4.69) is 25.8 Å². The van der Waals surface area contributed by atoms with E-state index < -0.39 is 5.97 Å². The summed E-state index contributed by atoms with van der Waals surface area (Å²) < 4.78 is 5.63. The molecule has 0 saturated heterocycles. The Hall–Kier alpha value is -2.36. The van der Waals surface area contributed by atoms with E-state index >= 15 is 0 Å². The van der Waals surface area contributed by atoms with Gasteiger partial charge in [-0.25, -0.2) is 9.78 Å². The second-order valence-corrected chi connectivity index (χ2v) is 5.57. The Bertz CT molecular complexity index is 630. The van der Waals surface area contributed by atoms with Gasteiger partial charge in [0.05, 0.1) is 5.56 Å². The van der Waals surface area contributed by atoms with Gasteiger partial charge in [-0.15, -0.1) is 0 Å². The van der Waals surface area contributed by atoms with E-state index in [0.717, 1.165) is 5.56 Å². The molecular formula is C16H17NO3. The fourth-order valence-corrected chi connectivity index (χ4v) is 1.75. The van der Waals surface area contributed by atoms with Gasteiger partial charge >= 0.3 is 5.97 Å². The summed E-state index contributed by atoms with van der Waals surface area (Å²) in [6.07, 6.45) is 1.42. The average molecular weight is 271 g/mol. The van der Waals surface area contributed by atoms with Gasteiger partial charge in [0.25, 0.3) is 0 Å². The van der Waals surface area contributed by atoms with Gasteiger partial charge in [0, 0.05) is 12.3 Å². The number of aromatic nitrogens is 1. The standard InChI is InChI=1S/C16H17NO3/c1-16(2,3)12-5-4-6-13(10-12)20-14-9-11(15(18)19)7-8-17-14/h4-10H,1-3H3,(H,18,19). The summed E-state index contributed by atoms with van der Waals surface area (Å²) in [5.74, 6) is -0.0795. The molecule has 104 valence electrons. The third kappa shape index (κ3) is 3.35. The van der Waals surface area contributed by atoms with Crippen molar-refractivity contribution in [3.63, 3.8) is 0 Å². The topological polar surface area (TPSA) is 59.4 Å². The molecule has 0 aliphatic heterocycles. The molecular weight excluding hydrogens is 254 g/mol. The van der Waals surface area contributed by atoms with Crippen LogP contribution in [0.2, 0.25) is 0 Å². The first-order chi connectivity index (χ1) is 9.36. The first-order valence-electron chi connectivity index (χ1n) is 6.34. The Morgan fingerprint density at radius 1 is 1.20 bits per heavy atom. The molecule has 0 amide bonds. The summed E-state index contributed by atoms with van der Waals surface area (Å²) in [5, 5.41) is 8.94. The van der Waals surface area contributed by atoms with Crippen LogP contribution in [0.3, 0.4) is 0 Å². The second-order valence-electron chi connectivity index (χ2n) is 5.57. The maximum atomic E-state index is 10.9. The molecule has 2 rings (SSSR count). The second kappa shape index (κ2) is 5.33. The lowest BCUT2D eigenvalue weighted by atomic mass is 9.87. The van der Waals surface area contributed by atoms with Crippen LogP contribution in [-0.2, 0) is 5.41 Å². The van der Waals surface area contributed by atoms with Crippen LogP contribution < -0.4 is 4.74 Å². The van der Waals surface area contributed by atoms with Crippen LogP contribution in [0.25, 0.3) is 0 Å². The minimum absolute atomic E-state index is 0.0235. The smallest absolute Gasteiger partial charge is 0.335 e. The molecule has 0 unspecified atom stereocenters. The number of pyridine rings is 1. The van der Waals surface area contributed by atoms with Crippen molar-refractivity contribution in [3.05, 3.63) is 53.7 Å². The van der Waals surface area contributed by atoms with Crippen LogP contribution in [-0.4, -0.2) is 16.1 Å². The Kier molecular flexibility index (Phi) is 3.74. The molecule has 4 heteroatoms. The molecule has 1 N–H and O–H groups in total. The van der Waals surface area contributed by atoms with Crippen molar-refractivity contribution >= 4 is 5.97 Å². The Morgan fingerprint density at radius 3 is 2.60 bits per heavy atom. The van der Waals surface area contributed by atoms with Crippen LogP contribution in [0.5, 0.6) is 11.6 Å². The first kappa shape index (κ1) is 14.1. The van der Waals surface area contributed by atoms with E-state index in [9.17, 15) is 4.79 Å². The average Bonchev–Trinajstić information content (AvgIpc) is 2.38. The Balaban J connectivity index is 2.26. The van der Waals surface area contributed by atoms with Gasteiger partial charge < -0.3 is 9.84 Å². The molecule has 0 atom stereocenters. The number of nitrogens with zero attached hydrogens (tertiary/aromatic N) is 1. The van der Waals surface area contributed by atoms with Crippen LogP contribution in [0.1, 0.15) is 36.7 Å². The highest BCUT2D eigenvalue weighted by molar-refractivity contribution is 5.87. The molecule has 4 nitrogen and oxygen atoms in total. The Morgan fingerprint density at radius 2 is 1.95 bits per heavy atom. The summed E-state index contributed by atoms with van der Waals surface area (Å²) in [7, 11) is 0. The van der Waals surface area contributed by atoms with Gasteiger partial charge in [0.15, 0.2) is 0 Å². The molecule has 1 aromatic heterocycles. The lowest BCUT2D eigenvalue weighted by molar-refractivity contribution is 0.0696. The fraction of sp³-hybridized carbons (Fsp3) is 0.250. The maximum Gasteiger partial charge on any atom is 0.335 e. The highest BCUT2D eigenvalue weighted by Gasteiger charge is 2.14. The molecule has 0 radical (unpaired) electrons. The summed E-state index contributed by atoms with van der Waals surface area (Å²) >= 11 is 0. The fourth-order valence-electron chi connectivity index (χ4n) is 1.75. The highest BCUT2D eigenvalue weighted by atomic mass is 16.5. The van der Waals surface area contributed by atoms with Crippen molar-refractivity contribution in [2.45, 2.75) is 26.2 Å².